The van der Waals surface area contributed by atoms with Crippen LogP contribution >= 0.6 is 0 Å². The number of hydrogen-bond donors (Lipinski definition) is 0. The zero-order chi connectivity index (χ0) is 29.5. The van der Waals surface area contributed by atoms with Gasteiger partial charge in [-0.1, -0.05) is 116 Å². The Morgan fingerprint density at radius 2 is 1.36 bits per heavy atom. The minimum atomic E-state index is 0.784. The van der Waals surface area contributed by atoms with Gasteiger partial charge in [-0.2, -0.15) is 0 Å². The van der Waals surface area contributed by atoms with Crippen molar-refractivity contribution in [1.29, 1.82) is 0 Å². The summed E-state index contributed by atoms with van der Waals surface area (Å²) in [6, 6.07) is 34.7. The number of aromatic nitrogens is 2. The minimum absolute atomic E-state index is 0.784. The van der Waals surface area contributed by atoms with Crippen LogP contribution in [-0.2, 0) is 26.2 Å². The fraction of sp³-hybridized carbons (Fsp3) is 0.289. The summed E-state index contributed by atoms with van der Waals surface area (Å²) in [6.07, 6.45) is 2.23. The first-order valence-corrected chi connectivity index (χ1v) is 15.1. The van der Waals surface area contributed by atoms with Crippen LogP contribution in [0.2, 0.25) is 0 Å². The van der Waals surface area contributed by atoms with Crippen LogP contribution in [0, 0.1) is 20.8 Å². The topological polar surface area (TPSA) is 30.3 Å². The number of methoxy groups -OCH3 is 1. The van der Waals surface area contributed by atoms with Gasteiger partial charge < -0.3 is 9.30 Å². The van der Waals surface area contributed by atoms with Crippen molar-refractivity contribution in [3.8, 4) is 28.4 Å². The van der Waals surface area contributed by atoms with E-state index in [1.807, 2.05) is 0 Å². The maximum absolute atomic E-state index is 5.68. The Morgan fingerprint density at radius 3 is 1.98 bits per heavy atom. The Bertz CT molecular complexity index is 1580. The Balaban J connectivity index is 1.62. The number of aryl methyl sites for hydroxylation is 3. The molecule has 0 spiro atoms. The monoisotopic (exact) mass is 557 g/mol. The van der Waals surface area contributed by atoms with Crippen molar-refractivity contribution in [3.63, 3.8) is 0 Å². The van der Waals surface area contributed by atoms with E-state index in [0.29, 0.717) is 0 Å². The first-order chi connectivity index (χ1) is 20.5. The number of hydrogen-bond acceptors (Lipinski definition) is 3. The van der Waals surface area contributed by atoms with E-state index in [9.17, 15) is 0 Å². The second-order valence-corrected chi connectivity index (χ2v) is 11.4. The highest BCUT2D eigenvalue weighted by Crippen LogP contribution is 2.32. The van der Waals surface area contributed by atoms with Gasteiger partial charge in [-0.15, -0.1) is 0 Å². The molecule has 0 aliphatic rings. The average molecular weight is 558 g/mol. The molecule has 42 heavy (non-hydrogen) atoms. The second-order valence-electron chi connectivity index (χ2n) is 11.4. The molecular weight excluding hydrogens is 514 g/mol. The molecule has 0 fully saturated rings. The van der Waals surface area contributed by atoms with Gasteiger partial charge in [0, 0.05) is 37.3 Å². The molecule has 4 nitrogen and oxygen atoms in total. The van der Waals surface area contributed by atoms with Gasteiger partial charge in [-0.3, -0.25) is 4.90 Å². The summed E-state index contributed by atoms with van der Waals surface area (Å²) in [5.74, 6) is 2.02. The lowest BCUT2D eigenvalue weighted by molar-refractivity contribution is 0.241. The molecule has 5 aromatic rings. The van der Waals surface area contributed by atoms with Gasteiger partial charge in [0.05, 0.1) is 18.5 Å². The maximum atomic E-state index is 5.68. The molecule has 4 aromatic carbocycles. The van der Waals surface area contributed by atoms with Crippen LogP contribution in [0.25, 0.3) is 22.6 Å². The highest BCUT2D eigenvalue weighted by molar-refractivity contribution is 5.68. The molecule has 1 heterocycles. The summed E-state index contributed by atoms with van der Waals surface area (Å²) in [4.78, 5) is 7.92. The van der Waals surface area contributed by atoms with Crippen molar-refractivity contribution in [2.45, 2.75) is 66.7 Å². The molecule has 0 radical (unpaired) electrons. The third-order valence-electron chi connectivity index (χ3n) is 7.88. The van der Waals surface area contributed by atoms with Crippen molar-refractivity contribution in [3.05, 3.63) is 131 Å². The number of benzene rings is 4. The maximum Gasteiger partial charge on any atom is 0.140 e. The fourth-order valence-electron chi connectivity index (χ4n) is 6.00. The quantitative estimate of drug-likeness (QED) is 0.153. The average Bonchev–Trinajstić information content (AvgIpc) is 3.34. The number of rotatable bonds is 12. The molecule has 0 amide bonds. The summed E-state index contributed by atoms with van der Waals surface area (Å²) in [5, 5.41) is 0. The van der Waals surface area contributed by atoms with E-state index in [-0.39, 0.29) is 0 Å². The highest BCUT2D eigenvalue weighted by atomic mass is 16.5. The number of ether oxygens (including phenoxy) is 1. The van der Waals surface area contributed by atoms with Gasteiger partial charge in [0.15, 0.2) is 0 Å². The van der Waals surface area contributed by atoms with Crippen LogP contribution < -0.4 is 4.74 Å². The number of unbranched alkanes of at least 4 members (excludes halogenated alkanes) is 1. The standard InChI is InChI=1S/C38H43N3O/c1-6-7-21-41-35(36(33-17-10-8-11-18-33)39-38(41)34-19-12-9-13-20-34)27-40(25-31-16-14-15-28(2)22-31)26-32-23-29(3)37(42-5)30(4)24-32/h8-20,22-24H,6-7,21,25-27H2,1-5H3. The van der Waals surface area contributed by atoms with E-state index in [2.05, 4.69) is 134 Å². The summed E-state index contributed by atoms with van der Waals surface area (Å²) >= 11 is 0. The molecule has 216 valence electrons. The molecule has 0 N–H and O–H groups in total. The van der Waals surface area contributed by atoms with Gasteiger partial charge in [0.2, 0.25) is 0 Å². The van der Waals surface area contributed by atoms with Crippen LogP contribution in [0.3, 0.4) is 0 Å². The van der Waals surface area contributed by atoms with E-state index in [1.54, 1.807) is 7.11 Å². The molecule has 5 rings (SSSR count). The summed E-state index contributed by atoms with van der Waals surface area (Å²) in [7, 11) is 1.76. The van der Waals surface area contributed by atoms with Crippen molar-refractivity contribution in [1.82, 2.24) is 14.5 Å². The van der Waals surface area contributed by atoms with Gasteiger partial charge in [-0.25, -0.2) is 4.98 Å². The van der Waals surface area contributed by atoms with Crippen molar-refractivity contribution >= 4 is 0 Å². The van der Waals surface area contributed by atoms with Crippen molar-refractivity contribution < 1.29 is 4.74 Å². The van der Waals surface area contributed by atoms with Crippen LogP contribution in [-0.4, -0.2) is 21.6 Å². The minimum Gasteiger partial charge on any atom is -0.496 e. The predicted octanol–water partition coefficient (Wildman–Crippen LogP) is 9.15. The number of nitrogens with zero attached hydrogens (tertiary/aromatic N) is 3. The summed E-state index contributed by atoms with van der Waals surface area (Å²) < 4.78 is 8.16. The predicted molar refractivity (Wildman–Crippen MR) is 175 cm³/mol. The molecule has 0 bridgehead atoms. The van der Waals surface area contributed by atoms with E-state index in [4.69, 9.17) is 9.72 Å². The lowest BCUT2D eigenvalue weighted by Gasteiger charge is -2.25. The van der Waals surface area contributed by atoms with Crippen molar-refractivity contribution in [2.75, 3.05) is 7.11 Å². The zero-order valence-electron chi connectivity index (χ0n) is 25.7. The molecule has 4 heteroatoms. The lowest BCUT2D eigenvalue weighted by atomic mass is 10.0. The molecule has 0 unspecified atom stereocenters. The van der Waals surface area contributed by atoms with Gasteiger partial charge in [0.25, 0.3) is 0 Å². The Morgan fingerprint density at radius 1 is 0.714 bits per heavy atom. The van der Waals surface area contributed by atoms with Crippen LogP contribution in [0.15, 0.2) is 97.1 Å². The van der Waals surface area contributed by atoms with E-state index >= 15 is 0 Å². The third-order valence-corrected chi connectivity index (χ3v) is 7.88. The Labute approximate surface area is 251 Å². The van der Waals surface area contributed by atoms with Gasteiger partial charge >= 0.3 is 0 Å². The van der Waals surface area contributed by atoms with Crippen LogP contribution in [0.4, 0.5) is 0 Å². The normalized spacial score (nSPS) is 11.3. The zero-order valence-corrected chi connectivity index (χ0v) is 25.7. The molecule has 0 aliphatic carbocycles. The van der Waals surface area contributed by atoms with E-state index < -0.39 is 0 Å². The second kappa shape index (κ2) is 13.7. The molecule has 0 saturated heterocycles. The van der Waals surface area contributed by atoms with Crippen LogP contribution in [0.5, 0.6) is 5.75 Å². The lowest BCUT2D eigenvalue weighted by Crippen LogP contribution is -2.25. The molecular formula is C38H43N3O. The van der Waals surface area contributed by atoms with Gasteiger partial charge in [0.1, 0.15) is 11.6 Å². The highest BCUT2D eigenvalue weighted by Gasteiger charge is 2.22. The largest absolute Gasteiger partial charge is 0.496 e. The van der Waals surface area contributed by atoms with E-state index in [1.165, 1.54) is 33.5 Å². The smallest absolute Gasteiger partial charge is 0.140 e. The van der Waals surface area contributed by atoms with Crippen molar-refractivity contribution in [2.24, 2.45) is 0 Å². The van der Waals surface area contributed by atoms with E-state index in [0.717, 1.165) is 67.4 Å². The first kappa shape index (κ1) is 29.3. The Kier molecular flexibility index (Phi) is 9.55. The first-order valence-electron chi connectivity index (χ1n) is 15.1. The summed E-state index contributed by atoms with van der Waals surface area (Å²) in [5.41, 5.74) is 10.9. The molecule has 0 atom stereocenters. The number of imidazole rings is 1. The van der Waals surface area contributed by atoms with Gasteiger partial charge in [-0.05, 0) is 49.4 Å². The molecule has 1 aromatic heterocycles. The summed E-state index contributed by atoms with van der Waals surface area (Å²) in [6.45, 7) is 12.1. The third kappa shape index (κ3) is 6.83. The molecule has 0 saturated carbocycles. The SMILES string of the molecule is CCCCn1c(-c2ccccc2)nc(-c2ccccc2)c1CN(Cc1cccc(C)c1)Cc1cc(C)c(OC)c(C)c1. The fourth-order valence-corrected chi connectivity index (χ4v) is 6.00. The Hall–Kier alpha value is -4.15. The molecule has 0 aliphatic heterocycles. The van der Waals surface area contributed by atoms with Crippen LogP contribution in [0.1, 0.15) is 53.3 Å².